The average Bonchev–Trinajstić information content (AvgIpc) is 3.05. The van der Waals surface area contributed by atoms with Crippen LogP contribution in [0.2, 0.25) is 0 Å². The quantitative estimate of drug-likeness (QED) is 0.278. The summed E-state index contributed by atoms with van der Waals surface area (Å²) in [6, 6.07) is 0. The second-order valence-corrected chi connectivity index (χ2v) is 5.39. The maximum Gasteiger partial charge on any atom is 2.00 e. The first kappa shape index (κ1) is 23.5. The Morgan fingerprint density at radius 3 is 1.95 bits per heavy atom. The fourth-order valence-electron chi connectivity index (χ4n) is 2.95. The minimum Gasteiger partial charge on any atom is -1.00 e. The maximum atomic E-state index is 5.33. The molecule has 0 radical (unpaired) electrons. The van der Waals surface area contributed by atoms with Crippen molar-refractivity contribution >= 4 is 0 Å². The van der Waals surface area contributed by atoms with Gasteiger partial charge in [0.05, 0.1) is 0 Å². The van der Waals surface area contributed by atoms with Crippen LogP contribution in [0.3, 0.4) is 0 Å². The Morgan fingerprint density at radius 2 is 1.57 bits per heavy atom. The van der Waals surface area contributed by atoms with Crippen LogP contribution in [0.5, 0.6) is 0 Å². The molecule has 0 aromatic rings. The van der Waals surface area contributed by atoms with Crippen LogP contribution in [0, 0.1) is 17.8 Å². The number of unbranched alkanes of at least 4 members (excludes halogenated alkanes) is 2. The molecule has 0 N–H and O–H groups in total. The smallest absolute Gasteiger partial charge is 1.00 e. The summed E-state index contributed by atoms with van der Waals surface area (Å²) < 4.78 is 0. The number of terminal acetylenes is 1. The van der Waals surface area contributed by atoms with E-state index in [-0.39, 0.29) is 61.1 Å². The van der Waals surface area contributed by atoms with E-state index in [0.717, 1.165) is 25.7 Å². The number of hydrogen-bond donors (Lipinski definition) is 0. The summed E-state index contributed by atoms with van der Waals surface area (Å²) >= 11 is 0. The molecule has 21 heavy (non-hydrogen) atoms. The monoisotopic (exact) mass is 444 g/mol. The number of halogens is 2. The number of allylic oxidation sites excluding steroid dienone is 8. The van der Waals surface area contributed by atoms with Gasteiger partial charge in [-0.3, -0.25) is 0 Å². The van der Waals surface area contributed by atoms with Gasteiger partial charge in [0, 0.05) is 11.8 Å². The molecule has 0 heterocycles. The molecular weight excluding hydrogens is 424 g/mol. The summed E-state index contributed by atoms with van der Waals surface area (Å²) in [5.74, 6) is 2.74. The fraction of sp³-hybridized carbons (Fsp3) is 0.444. The van der Waals surface area contributed by atoms with E-state index in [0.29, 0.717) is 0 Å². The number of hydrogen-bond acceptors (Lipinski definition) is 0. The first-order valence-corrected chi connectivity index (χ1v) is 6.93. The Labute approximate surface area is 165 Å². The molecule has 0 nitrogen and oxygen atoms in total. The van der Waals surface area contributed by atoms with E-state index in [4.69, 9.17) is 6.42 Å². The van der Waals surface area contributed by atoms with Gasteiger partial charge in [-0.1, -0.05) is 60.9 Å². The first-order chi connectivity index (χ1) is 8.77. The Kier molecular flexibility index (Phi) is 13.1. The average molecular weight is 446 g/mol. The van der Waals surface area contributed by atoms with Gasteiger partial charge in [-0.2, -0.15) is 0 Å². The van der Waals surface area contributed by atoms with E-state index in [1.54, 1.807) is 11.1 Å². The van der Waals surface area contributed by atoms with E-state index < -0.39 is 0 Å². The SMILES string of the molecule is C#CCCCCC(C)(C1=CC=CC1)C1=CC=CC1.[Br-].[Br-].[Ti+2]. The molecule has 2 rings (SSSR count). The van der Waals surface area contributed by atoms with Gasteiger partial charge in [0.2, 0.25) is 0 Å². The van der Waals surface area contributed by atoms with E-state index in [1.165, 1.54) is 12.8 Å². The van der Waals surface area contributed by atoms with Crippen molar-refractivity contribution in [3.63, 3.8) is 0 Å². The predicted octanol–water partition coefficient (Wildman–Crippen LogP) is -1.04. The molecule has 0 saturated carbocycles. The zero-order chi connectivity index (χ0) is 12.8. The minimum absolute atomic E-state index is 0. The largest absolute Gasteiger partial charge is 2.00 e. The van der Waals surface area contributed by atoms with Gasteiger partial charge >= 0.3 is 21.7 Å². The van der Waals surface area contributed by atoms with Gasteiger partial charge in [0.15, 0.2) is 0 Å². The van der Waals surface area contributed by atoms with Crippen molar-refractivity contribution in [3.05, 3.63) is 47.6 Å². The van der Waals surface area contributed by atoms with Crippen LogP contribution >= 0.6 is 0 Å². The topological polar surface area (TPSA) is 0 Å². The fourth-order valence-corrected chi connectivity index (χ4v) is 2.95. The summed E-state index contributed by atoms with van der Waals surface area (Å²) in [4.78, 5) is 0. The molecule has 0 atom stereocenters. The van der Waals surface area contributed by atoms with Crippen molar-refractivity contribution in [2.45, 2.75) is 45.4 Å². The molecule has 3 heteroatoms. The molecule has 0 spiro atoms. The third-order valence-corrected chi connectivity index (χ3v) is 4.21. The van der Waals surface area contributed by atoms with Gasteiger partial charge in [0.25, 0.3) is 0 Å². The van der Waals surface area contributed by atoms with Gasteiger partial charge in [-0.25, -0.2) is 0 Å². The third kappa shape index (κ3) is 6.07. The van der Waals surface area contributed by atoms with Crippen LogP contribution in [-0.4, -0.2) is 0 Å². The van der Waals surface area contributed by atoms with E-state index >= 15 is 0 Å². The summed E-state index contributed by atoms with van der Waals surface area (Å²) in [5, 5.41) is 0. The van der Waals surface area contributed by atoms with E-state index in [9.17, 15) is 0 Å². The minimum atomic E-state index is 0. The zero-order valence-corrected chi connectivity index (χ0v) is 17.3. The van der Waals surface area contributed by atoms with Crippen LogP contribution < -0.4 is 34.0 Å². The van der Waals surface area contributed by atoms with E-state index in [1.807, 2.05) is 0 Å². The molecular formula is C18H22Br2Ti. The Hall–Kier alpha value is 0.194. The van der Waals surface area contributed by atoms with Crippen LogP contribution in [0.15, 0.2) is 47.6 Å². The predicted molar refractivity (Wildman–Crippen MR) is 79.1 cm³/mol. The molecule has 0 bridgehead atoms. The van der Waals surface area contributed by atoms with Gasteiger partial charge in [-0.15, -0.1) is 12.3 Å². The molecule has 112 valence electrons. The van der Waals surface area contributed by atoms with Crippen LogP contribution in [-0.2, 0) is 21.7 Å². The molecule has 0 amide bonds. The Morgan fingerprint density at radius 1 is 1.05 bits per heavy atom. The van der Waals surface area contributed by atoms with Crippen molar-refractivity contribution in [1.82, 2.24) is 0 Å². The molecule has 0 fully saturated rings. The van der Waals surface area contributed by atoms with Crippen molar-refractivity contribution in [1.29, 1.82) is 0 Å². The normalized spacial score (nSPS) is 15.2. The maximum absolute atomic E-state index is 5.33. The van der Waals surface area contributed by atoms with Gasteiger partial charge < -0.3 is 34.0 Å². The van der Waals surface area contributed by atoms with Crippen molar-refractivity contribution in [3.8, 4) is 12.3 Å². The Balaban J connectivity index is 0. The molecule has 0 saturated heterocycles. The number of rotatable bonds is 6. The zero-order valence-electron chi connectivity index (χ0n) is 12.5. The van der Waals surface area contributed by atoms with E-state index in [2.05, 4.69) is 49.3 Å². The summed E-state index contributed by atoms with van der Waals surface area (Å²) in [7, 11) is 0. The third-order valence-electron chi connectivity index (χ3n) is 4.21. The molecule has 2 aliphatic rings. The van der Waals surface area contributed by atoms with Crippen molar-refractivity contribution in [2.24, 2.45) is 5.41 Å². The van der Waals surface area contributed by atoms with Gasteiger partial charge in [0.1, 0.15) is 0 Å². The van der Waals surface area contributed by atoms with Crippen LogP contribution in [0.4, 0.5) is 0 Å². The first-order valence-electron chi connectivity index (χ1n) is 6.93. The molecule has 0 aromatic heterocycles. The van der Waals surface area contributed by atoms with Crippen molar-refractivity contribution < 1.29 is 55.7 Å². The molecule has 0 aromatic carbocycles. The van der Waals surface area contributed by atoms with Crippen LogP contribution in [0.25, 0.3) is 0 Å². The molecule has 0 unspecified atom stereocenters. The Bertz CT molecular complexity index is 434. The second kappa shape index (κ2) is 11.7. The van der Waals surface area contributed by atoms with Gasteiger partial charge in [-0.05, 0) is 25.7 Å². The summed E-state index contributed by atoms with van der Waals surface area (Å²) in [5.41, 5.74) is 3.37. The standard InChI is InChI=1S/C18H22.2BrH.Ti/c1-3-4-5-10-15-18(2,16-11-6-7-12-16)17-13-8-9-14-17;;;/h1,6-9,11,13H,4-5,10,12,14-15H2,2H3;2*1H;/q;;;+2/p-2. The second-order valence-electron chi connectivity index (χ2n) is 5.39. The summed E-state index contributed by atoms with van der Waals surface area (Å²) in [6.45, 7) is 2.40. The van der Waals surface area contributed by atoms with Crippen LogP contribution in [0.1, 0.15) is 45.4 Å². The summed E-state index contributed by atoms with van der Waals surface area (Å²) in [6.07, 6.45) is 25.6. The van der Waals surface area contributed by atoms with Crippen molar-refractivity contribution in [2.75, 3.05) is 0 Å². The molecule has 2 aliphatic carbocycles. The molecule has 0 aliphatic heterocycles.